The van der Waals surface area contributed by atoms with Crippen molar-refractivity contribution >= 4 is 17.7 Å². The molecule has 1 amide bonds. The minimum Gasteiger partial charge on any atom is -0.469 e. The van der Waals surface area contributed by atoms with Gasteiger partial charge in [-0.05, 0) is 12.1 Å². The molecule has 19 heavy (non-hydrogen) atoms. The van der Waals surface area contributed by atoms with Crippen molar-refractivity contribution in [1.29, 1.82) is 0 Å². The van der Waals surface area contributed by atoms with E-state index in [0.717, 1.165) is 5.82 Å². The Labute approximate surface area is 113 Å². The first kappa shape index (κ1) is 14.9. The van der Waals surface area contributed by atoms with Crippen molar-refractivity contribution in [3.8, 4) is 0 Å². The van der Waals surface area contributed by atoms with Gasteiger partial charge in [0.25, 0.3) is 5.91 Å². The van der Waals surface area contributed by atoms with Gasteiger partial charge in [-0.15, -0.1) is 0 Å². The van der Waals surface area contributed by atoms with E-state index in [0.29, 0.717) is 12.1 Å². The quantitative estimate of drug-likeness (QED) is 0.736. The summed E-state index contributed by atoms with van der Waals surface area (Å²) in [6.45, 7) is 0.320. The third-order valence-corrected chi connectivity index (χ3v) is 2.68. The maximum atomic E-state index is 12.0. The average Bonchev–Trinajstić information content (AvgIpc) is 2.43. The average molecular weight is 265 g/mol. The van der Waals surface area contributed by atoms with Gasteiger partial charge in [-0.1, -0.05) is 0 Å². The third kappa shape index (κ3) is 4.24. The van der Waals surface area contributed by atoms with Gasteiger partial charge >= 0.3 is 5.97 Å². The first-order valence-electron chi connectivity index (χ1n) is 5.91. The molecule has 0 unspecified atom stereocenters. The molecule has 1 aromatic heterocycles. The number of hydrogen-bond donors (Lipinski definition) is 0. The molecule has 1 aromatic rings. The lowest BCUT2D eigenvalue weighted by Crippen LogP contribution is -2.29. The Bertz CT molecular complexity index is 443. The molecular formula is C13H19N3O3. The van der Waals surface area contributed by atoms with Gasteiger partial charge in [-0.3, -0.25) is 9.59 Å². The molecule has 1 rings (SSSR count). The number of nitrogens with zero attached hydrogens (tertiary/aromatic N) is 3. The second-order valence-corrected chi connectivity index (χ2v) is 4.35. The summed E-state index contributed by atoms with van der Waals surface area (Å²) >= 11 is 0. The summed E-state index contributed by atoms with van der Waals surface area (Å²) in [7, 11) is 6.73. The molecule has 104 valence electrons. The van der Waals surface area contributed by atoms with Gasteiger partial charge in [0.05, 0.1) is 19.1 Å². The van der Waals surface area contributed by atoms with E-state index in [-0.39, 0.29) is 18.3 Å². The number of hydrogen-bond acceptors (Lipinski definition) is 5. The minimum atomic E-state index is -0.333. The summed E-state index contributed by atoms with van der Waals surface area (Å²) in [5.41, 5.74) is 0.498. The van der Waals surface area contributed by atoms with Gasteiger partial charge in [0, 0.05) is 33.9 Å². The molecule has 0 spiro atoms. The molecule has 0 aliphatic carbocycles. The zero-order valence-corrected chi connectivity index (χ0v) is 11.7. The largest absolute Gasteiger partial charge is 0.469 e. The highest BCUT2D eigenvalue weighted by Crippen LogP contribution is 2.09. The van der Waals surface area contributed by atoms with E-state index in [9.17, 15) is 9.59 Å². The van der Waals surface area contributed by atoms with Crippen LogP contribution >= 0.6 is 0 Å². The van der Waals surface area contributed by atoms with Gasteiger partial charge < -0.3 is 14.5 Å². The smallest absolute Gasteiger partial charge is 0.307 e. The van der Waals surface area contributed by atoms with Gasteiger partial charge in [-0.25, -0.2) is 4.98 Å². The first-order chi connectivity index (χ1) is 8.95. The maximum absolute atomic E-state index is 12.0. The summed E-state index contributed by atoms with van der Waals surface area (Å²) in [6.07, 6.45) is 1.72. The van der Waals surface area contributed by atoms with Crippen LogP contribution in [-0.4, -0.2) is 56.6 Å². The van der Waals surface area contributed by atoms with Crippen molar-refractivity contribution in [2.75, 3.05) is 39.7 Å². The van der Waals surface area contributed by atoms with Crippen LogP contribution in [0.1, 0.15) is 16.8 Å². The van der Waals surface area contributed by atoms with Crippen molar-refractivity contribution in [2.45, 2.75) is 6.42 Å². The van der Waals surface area contributed by atoms with Crippen LogP contribution < -0.4 is 4.90 Å². The summed E-state index contributed by atoms with van der Waals surface area (Å²) in [4.78, 5) is 30.6. The van der Waals surface area contributed by atoms with Crippen LogP contribution in [0.5, 0.6) is 0 Å². The normalized spacial score (nSPS) is 9.89. The molecule has 0 N–H and O–H groups in total. The highest BCUT2D eigenvalue weighted by atomic mass is 16.5. The van der Waals surface area contributed by atoms with E-state index < -0.39 is 0 Å². The van der Waals surface area contributed by atoms with Crippen molar-refractivity contribution in [2.24, 2.45) is 0 Å². The summed E-state index contributed by atoms with van der Waals surface area (Å²) < 4.78 is 4.53. The summed E-state index contributed by atoms with van der Waals surface area (Å²) in [5, 5.41) is 0. The fraction of sp³-hybridized carbons (Fsp3) is 0.462. The Morgan fingerprint density at radius 3 is 2.42 bits per heavy atom. The second-order valence-electron chi connectivity index (χ2n) is 4.35. The lowest BCUT2D eigenvalue weighted by Gasteiger charge is -2.17. The van der Waals surface area contributed by atoms with Crippen LogP contribution in [0.15, 0.2) is 18.3 Å². The number of ether oxygens (including phenoxy) is 1. The van der Waals surface area contributed by atoms with E-state index >= 15 is 0 Å². The molecule has 0 aromatic carbocycles. The molecule has 0 aliphatic rings. The van der Waals surface area contributed by atoms with E-state index in [1.165, 1.54) is 18.2 Å². The molecule has 6 heteroatoms. The van der Waals surface area contributed by atoms with Crippen molar-refractivity contribution in [1.82, 2.24) is 9.88 Å². The lowest BCUT2D eigenvalue weighted by atomic mass is 10.2. The van der Waals surface area contributed by atoms with Crippen LogP contribution in [0, 0.1) is 0 Å². The standard InChI is InChI=1S/C13H19N3O3/c1-15(2)11-6-5-10(9-14-11)13(18)16(3)8-7-12(17)19-4/h5-6,9H,7-8H2,1-4H3. The lowest BCUT2D eigenvalue weighted by molar-refractivity contribution is -0.140. The SMILES string of the molecule is COC(=O)CCN(C)C(=O)c1ccc(N(C)C)nc1. The molecule has 0 bridgehead atoms. The van der Waals surface area contributed by atoms with Crippen molar-refractivity contribution in [3.05, 3.63) is 23.9 Å². The van der Waals surface area contributed by atoms with Gasteiger partial charge in [0.1, 0.15) is 5.82 Å². The predicted molar refractivity (Wildman–Crippen MR) is 72.2 cm³/mol. The van der Waals surface area contributed by atoms with Crippen LogP contribution in [0.25, 0.3) is 0 Å². The number of aromatic nitrogens is 1. The maximum Gasteiger partial charge on any atom is 0.307 e. The van der Waals surface area contributed by atoms with Crippen molar-refractivity contribution < 1.29 is 14.3 Å². The molecule has 0 aliphatic heterocycles. The molecule has 1 heterocycles. The molecule has 0 atom stereocenters. The van der Waals surface area contributed by atoms with Crippen LogP contribution in [-0.2, 0) is 9.53 Å². The fourth-order valence-electron chi connectivity index (χ4n) is 1.46. The Kier molecular flexibility index (Phi) is 5.29. The van der Waals surface area contributed by atoms with Gasteiger partial charge in [-0.2, -0.15) is 0 Å². The number of carbonyl (C=O) groups is 2. The molecule has 6 nitrogen and oxygen atoms in total. The van der Waals surface area contributed by atoms with E-state index in [2.05, 4.69) is 9.72 Å². The summed E-state index contributed by atoms with van der Waals surface area (Å²) in [5.74, 6) is 0.288. The van der Waals surface area contributed by atoms with Gasteiger partial charge in [0.15, 0.2) is 0 Å². The highest BCUT2D eigenvalue weighted by Gasteiger charge is 2.13. The number of esters is 1. The van der Waals surface area contributed by atoms with Crippen LogP contribution in [0.4, 0.5) is 5.82 Å². The molecular weight excluding hydrogens is 246 g/mol. The van der Waals surface area contributed by atoms with Crippen LogP contribution in [0.2, 0.25) is 0 Å². The van der Waals surface area contributed by atoms with Gasteiger partial charge in [0.2, 0.25) is 0 Å². The number of anilines is 1. The zero-order valence-electron chi connectivity index (χ0n) is 11.7. The highest BCUT2D eigenvalue weighted by molar-refractivity contribution is 5.94. The molecule has 0 saturated carbocycles. The number of pyridine rings is 1. The third-order valence-electron chi connectivity index (χ3n) is 2.68. The second kappa shape index (κ2) is 6.72. The number of carbonyl (C=O) groups excluding carboxylic acids is 2. The predicted octanol–water partition coefficient (Wildman–Crippen LogP) is 0.783. The van der Waals surface area contributed by atoms with Crippen LogP contribution in [0.3, 0.4) is 0 Å². The minimum absolute atomic E-state index is 0.165. The molecule has 0 radical (unpaired) electrons. The number of rotatable bonds is 5. The monoisotopic (exact) mass is 265 g/mol. The Balaban J connectivity index is 2.63. The Morgan fingerprint density at radius 2 is 1.95 bits per heavy atom. The Morgan fingerprint density at radius 1 is 1.26 bits per heavy atom. The van der Waals surface area contributed by atoms with Crippen molar-refractivity contribution in [3.63, 3.8) is 0 Å². The Hall–Kier alpha value is -2.11. The number of amides is 1. The summed E-state index contributed by atoms with van der Waals surface area (Å²) in [6, 6.07) is 3.50. The van der Waals surface area contributed by atoms with E-state index in [1.54, 1.807) is 19.2 Å². The van der Waals surface area contributed by atoms with E-state index in [4.69, 9.17) is 0 Å². The van der Waals surface area contributed by atoms with E-state index in [1.807, 2.05) is 19.0 Å². The zero-order chi connectivity index (χ0) is 14.4. The fourth-order valence-corrected chi connectivity index (χ4v) is 1.46. The first-order valence-corrected chi connectivity index (χ1v) is 5.91. The molecule has 0 fully saturated rings. The molecule has 0 saturated heterocycles. The topological polar surface area (TPSA) is 62.7 Å². The number of methoxy groups -OCH3 is 1.